The molecule has 3 aliphatic rings. The van der Waals surface area contributed by atoms with Crippen molar-refractivity contribution in [3.63, 3.8) is 0 Å². The molecule has 0 saturated heterocycles. The van der Waals surface area contributed by atoms with Crippen LogP contribution >= 0.6 is 11.6 Å². The lowest BCUT2D eigenvalue weighted by Crippen LogP contribution is -2.47. The Morgan fingerprint density at radius 2 is 2.00 bits per heavy atom. The first-order valence-electron chi connectivity index (χ1n) is 11.5. The molecular formula is C26H21ClFN3O5. The summed E-state index contributed by atoms with van der Waals surface area (Å²) in [7, 11) is 1.52. The highest BCUT2D eigenvalue weighted by molar-refractivity contribution is 6.30. The van der Waals surface area contributed by atoms with Gasteiger partial charge in [0.15, 0.2) is 11.4 Å². The number of fused-ring (bicyclic) bond motifs is 6. The number of hydrogen-bond acceptors (Lipinski definition) is 5. The Labute approximate surface area is 209 Å². The Bertz CT molecular complexity index is 1550. The summed E-state index contributed by atoms with van der Waals surface area (Å²) in [5, 5.41) is 13.9. The third-order valence-corrected chi connectivity index (χ3v) is 7.65. The fourth-order valence-electron chi connectivity index (χ4n) is 5.82. The number of pyridine rings is 1. The predicted octanol–water partition coefficient (Wildman–Crippen LogP) is 2.94. The number of aryl methyl sites for hydroxylation is 1. The fourth-order valence-corrected chi connectivity index (χ4v) is 6.02. The van der Waals surface area contributed by atoms with E-state index in [1.165, 1.54) is 34.8 Å². The number of benzene rings is 2. The van der Waals surface area contributed by atoms with Gasteiger partial charge in [0, 0.05) is 24.2 Å². The Morgan fingerprint density at radius 1 is 1.19 bits per heavy atom. The van der Waals surface area contributed by atoms with Crippen LogP contribution in [0.15, 0.2) is 41.2 Å². The van der Waals surface area contributed by atoms with Crippen molar-refractivity contribution < 1.29 is 23.8 Å². The smallest absolute Gasteiger partial charge is 0.296 e. The summed E-state index contributed by atoms with van der Waals surface area (Å²) >= 11 is 5.88. The van der Waals surface area contributed by atoms with Crippen LogP contribution in [0.2, 0.25) is 5.02 Å². The third-order valence-electron chi connectivity index (χ3n) is 7.36. The molecule has 2 aliphatic heterocycles. The quantitative estimate of drug-likeness (QED) is 0.565. The van der Waals surface area contributed by atoms with Crippen LogP contribution in [-0.4, -0.2) is 40.0 Å². The van der Waals surface area contributed by atoms with Gasteiger partial charge in [0.05, 0.1) is 17.7 Å². The molecule has 2 N–H and O–H groups in total. The van der Waals surface area contributed by atoms with Gasteiger partial charge >= 0.3 is 0 Å². The van der Waals surface area contributed by atoms with Gasteiger partial charge in [0.1, 0.15) is 17.3 Å². The topological polar surface area (TPSA) is 101 Å². The van der Waals surface area contributed by atoms with Crippen molar-refractivity contribution in [3.05, 3.63) is 91.1 Å². The number of carbonyl (C=O) groups is 2. The van der Waals surface area contributed by atoms with Gasteiger partial charge in [-0.25, -0.2) is 4.39 Å². The number of aromatic nitrogens is 1. The lowest BCUT2D eigenvalue weighted by atomic mass is 9.95. The van der Waals surface area contributed by atoms with Crippen molar-refractivity contribution in [1.29, 1.82) is 0 Å². The third kappa shape index (κ3) is 2.95. The molecule has 1 spiro atoms. The number of hydrogen-bond donors (Lipinski definition) is 2. The molecule has 2 aromatic carbocycles. The molecule has 2 amide bonds. The van der Waals surface area contributed by atoms with E-state index >= 15 is 0 Å². The summed E-state index contributed by atoms with van der Waals surface area (Å²) in [6, 6.07) is 9.70. The number of methoxy groups -OCH3 is 1. The second-order valence-electron chi connectivity index (χ2n) is 9.23. The predicted molar refractivity (Wildman–Crippen MR) is 128 cm³/mol. The second-order valence-corrected chi connectivity index (χ2v) is 9.63. The van der Waals surface area contributed by atoms with Crippen molar-refractivity contribution in [1.82, 2.24) is 14.8 Å². The molecule has 0 fully saturated rings. The largest absolute Gasteiger partial charge is 0.502 e. The van der Waals surface area contributed by atoms with Crippen LogP contribution in [0.4, 0.5) is 4.39 Å². The molecule has 1 atom stereocenters. The maximum Gasteiger partial charge on any atom is 0.296 e. The van der Waals surface area contributed by atoms with E-state index in [2.05, 4.69) is 5.32 Å². The number of aromatic hydroxyl groups is 1. The fraction of sp³-hybridized carbons (Fsp3) is 0.269. The molecule has 3 heterocycles. The van der Waals surface area contributed by atoms with Crippen LogP contribution in [0.3, 0.4) is 0 Å². The maximum absolute atomic E-state index is 13.6. The van der Waals surface area contributed by atoms with Gasteiger partial charge in [0.2, 0.25) is 0 Å². The van der Waals surface area contributed by atoms with E-state index in [4.69, 9.17) is 16.3 Å². The van der Waals surface area contributed by atoms with Crippen molar-refractivity contribution in [2.45, 2.75) is 31.5 Å². The highest BCUT2D eigenvalue weighted by atomic mass is 35.5. The van der Waals surface area contributed by atoms with Gasteiger partial charge in [-0.2, -0.15) is 0 Å². The zero-order chi connectivity index (χ0) is 25.4. The van der Waals surface area contributed by atoms with Crippen LogP contribution in [0.5, 0.6) is 11.5 Å². The lowest BCUT2D eigenvalue weighted by molar-refractivity contribution is 0.0721. The lowest BCUT2D eigenvalue weighted by Gasteiger charge is -2.32. The number of amides is 2. The molecule has 1 aliphatic carbocycles. The monoisotopic (exact) mass is 509 g/mol. The molecule has 3 aromatic rings. The molecule has 0 saturated carbocycles. The second kappa shape index (κ2) is 7.83. The number of rotatable bonds is 3. The highest BCUT2D eigenvalue weighted by Crippen LogP contribution is 2.47. The highest BCUT2D eigenvalue weighted by Gasteiger charge is 2.53. The van der Waals surface area contributed by atoms with Crippen molar-refractivity contribution >= 4 is 23.4 Å². The minimum absolute atomic E-state index is 0.0643. The summed E-state index contributed by atoms with van der Waals surface area (Å²) in [5.74, 6) is -1.79. The van der Waals surface area contributed by atoms with E-state index in [1.54, 1.807) is 6.07 Å². The van der Waals surface area contributed by atoms with Gasteiger partial charge in [-0.3, -0.25) is 19.0 Å². The SMILES string of the molecule is COc1cccc2c1[C@]1(CC2)NC(=O)c2c3c(c(O)c(=O)n21)C(=O)N(Cc1ccc(F)c(Cl)c1)CC3. The zero-order valence-electron chi connectivity index (χ0n) is 19.2. The van der Waals surface area contributed by atoms with Crippen LogP contribution in [0, 0.1) is 5.82 Å². The first-order chi connectivity index (χ1) is 17.3. The molecule has 1 aromatic heterocycles. The molecule has 0 bridgehead atoms. The normalized spacial score (nSPS) is 19.8. The number of nitrogens with one attached hydrogen (secondary N) is 1. The molecular weight excluding hydrogens is 489 g/mol. The van der Waals surface area contributed by atoms with Gasteiger partial charge in [-0.1, -0.05) is 29.8 Å². The van der Waals surface area contributed by atoms with E-state index < -0.39 is 34.6 Å². The Balaban J connectivity index is 1.48. The number of halogens is 2. The minimum Gasteiger partial charge on any atom is -0.502 e. The van der Waals surface area contributed by atoms with Gasteiger partial charge < -0.3 is 20.1 Å². The van der Waals surface area contributed by atoms with Crippen LogP contribution < -0.4 is 15.6 Å². The molecule has 6 rings (SSSR count). The Kier molecular flexibility index (Phi) is 4.91. The summed E-state index contributed by atoms with van der Waals surface area (Å²) in [6.45, 7) is 0.350. The Morgan fingerprint density at radius 3 is 2.75 bits per heavy atom. The number of nitrogens with zero attached hydrogens (tertiary/aromatic N) is 2. The summed E-state index contributed by atoms with van der Waals surface area (Å²) in [4.78, 5) is 41.8. The molecule has 184 valence electrons. The van der Waals surface area contributed by atoms with E-state index in [1.807, 2.05) is 12.1 Å². The van der Waals surface area contributed by atoms with E-state index in [0.29, 0.717) is 35.3 Å². The van der Waals surface area contributed by atoms with E-state index in [0.717, 1.165) is 5.56 Å². The average molecular weight is 510 g/mol. The maximum atomic E-state index is 13.6. The average Bonchev–Trinajstić information content (AvgIpc) is 3.38. The molecule has 8 nitrogen and oxygen atoms in total. The summed E-state index contributed by atoms with van der Waals surface area (Å²) in [6.07, 6.45) is 1.26. The van der Waals surface area contributed by atoms with Gasteiger partial charge in [0.25, 0.3) is 17.4 Å². The van der Waals surface area contributed by atoms with Gasteiger partial charge in [-0.05, 0) is 48.6 Å². The first-order valence-corrected chi connectivity index (χ1v) is 11.9. The summed E-state index contributed by atoms with van der Waals surface area (Å²) < 4.78 is 20.4. The molecule has 0 unspecified atom stereocenters. The minimum atomic E-state index is -1.21. The first kappa shape index (κ1) is 22.6. The van der Waals surface area contributed by atoms with Crippen molar-refractivity contribution in [2.75, 3.05) is 13.7 Å². The van der Waals surface area contributed by atoms with Crippen LogP contribution in [0.25, 0.3) is 0 Å². The number of carbonyl (C=O) groups excluding carboxylic acids is 2. The summed E-state index contributed by atoms with van der Waals surface area (Å²) in [5.41, 5.74) is 0.444. The van der Waals surface area contributed by atoms with Gasteiger partial charge in [-0.15, -0.1) is 0 Å². The van der Waals surface area contributed by atoms with Crippen molar-refractivity contribution in [2.24, 2.45) is 0 Å². The van der Waals surface area contributed by atoms with E-state index in [9.17, 15) is 23.9 Å². The standard InChI is InChI=1S/C26H21ClFN3O5/c1-36-18-4-2-3-14-7-9-26(20(14)18)29-23(33)21-15-8-10-30(12-13-5-6-17(28)16(27)11-13)24(34)19(15)22(32)25(35)31(21)26/h2-6,11,32H,7-10,12H2,1H3,(H,29,33)/t26-/m1/s1. The van der Waals surface area contributed by atoms with Crippen molar-refractivity contribution in [3.8, 4) is 11.5 Å². The molecule has 10 heteroatoms. The van der Waals surface area contributed by atoms with E-state index in [-0.39, 0.29) is 35.8 Å². The number of ether oxygens (including phenoxy) is 1. The van der Waals surface area contributed by atoms with Crippen LogP contribution in [-0.2, 0) is 25.0 Å². The zero-order valence-corrected chi connectivity index (χ0v) is 20.0. The molecule has 0 radical (unpaired) electrons. The van der Waals surface area contributed by atoms with Crippen LogP contribution in [0.1, 0.15) is 49.5 Å². The molecule has 36 heavy (non-hydrogen) atoms. The Hall–Kier alpha value is -3.85.